The van der Waals surface area contributed by atoms with Crippen molar-refractivity contribution in [2.24, 2.45) is 0 Å². The lowest BCUT2D eigenvalue weighted by Crippen LogP contribution is -2.31. The van der Waals surface area contributed by atoms with Gasteiger partial charge in [-0.05, 0) is 6.54 Å². The summed E-state index contributed by atoms with van der Waals surface area (Å²) in [5, 5.41) is 3.28. The zero-order valence-electron chi connectivity index (χ0n) is 7.58. The summed E-state index contributed by atoms with van der Waals surface area (Å²) in [5.41, 5.74) is 0. The molecular formula is C9H17NO2. The number of likely N-dealkylation sites (N-methyl/N-ethyl adjacent to an activating group) is 1. The maximum atomic E-state index is 5.32. The van der Waals surface area contributed by atoms with Gasteiger partial charge in [-0.2, -0.15) is 0 Å². The summed E-state index contributed by atoms with van der Waals surface area (Å²) in [4.78, 5) is 0. The molecule has 70 valence electrons. The highest BCUT2D eigenvalue weighted by atomic mass is 16.7. The lowest BCUT2D eigenvalue weighted by atomic mass is 10.2. The van der Waals surface area contributed by atoms with Crippen LogP contribution in [0, 0.1) is 0 Å². The standard InChI is InChI=1S/C9H17NO2/c1-3-8(10-4-2)7-9-11-5-6-12-9/h3,8-10H,1,4-7H2,2H3. The quantitative estimate of drug-likeness (QED) is 0.624. The van der Waals surface area contributed by atoms with E-state index in [-0.39, 0.29) is 6.29 Å². The van der Waals surface area contributed by atoms with Gasteiger partial charge in [0.1, 0.15) is 0 Å². The van der Waals surface area contributed by atoms with E-state index in [0.29, 0.717) is 6.04 Å². The molecule has 0 saturated carbocycles. The van der Waals surface area contributed by atoms with Gasteiger partial charge in [0.2, 0.25) is 0 Å². The summed E-state index contributed by atoms with van der Waals surface area (Å²) in [6.45, 7) is 8.22. The number of hydrogen-bond donors (Lipinski definition) is 1. The van der Waals surface area contributed by atoms with Gasteiger partial charge in [-0.25, -0.2) is 0 Å². The Hall–Kier alpha value is -0.380. The second-order valence-electron chi connectivity index (χ2n) is 2.81. The summed E-state index contributed by atoms with van der Waals surface area (Å²) >= 11 is 0. The third-order valence-electron chi connectivity index (χ3n) is 1.89. The topological polar surface area (TPSA) is 30.5 Å². The molecular weight excluding hydrogens is 154 g/mol. The van der Waals surface area contributed by atoms with Crippen molar-refractivity contribution in [3.8, 4) is 0 Å². The summed E-state index contributed by atoms with van der Waals surface area (Å²) < 4.78 is 10.6. The van der Waals surface area contributed by atoms with Crippen LogP contribution in [0.2, 0.25) is 0 Å². The van der Waals surface area contributed by atoms with Crippen LogP contribution in [0.4, 0.5) is 0 Å². The van der Waals surface area contributed by atoms with Crippen LogP contribution in [0.1, 0.15) is 13.3 Å². The molecule has 12 heavy (non-hydrogen) atoms. The Kier molecular flexibility index (Phi) is 4.29. The molecule has 1 aliphatic heterocycles. The van der Waals surface area contributed by atoms with Crippen LogP contribution >= 0.6 is 0 Å². The molecule has 1 N–H and O–H groups in total. The molecule has 1 rings (SSSR count). The Morgan fingerprint density at radius 2 is 2.25 bits per heavy atom. The van der Waals surface area contributed by atoms with Crippen molar-refractivity contribution in [2.75, 3.05) is 19.8 Å². The number of nitrogens with one attached hydrogen (secondary N) is 1. The van der Waals surface area contributed by atoms with E-state index in [4.69, 9.17) is 9.47 Å². The fourth-order valence-corrected chi connectivity index (χ4v) is 1.28. The summed E-state index contributed by atoms with van der Waals surface area (Å²) in [6, 6.07) is 0.304. The molecule has 1 aliphatic rings. The highest BCUT2D eigenvalue weighted by Crippen LogP contribution is 2.10. The molecule has 0 aliphatic carbocycles. The highest BCUT2D eigenvalue weighted by Gasteiger charge is 2.18. The van der Waals surface area contributed by atoms with Gasteiger partial charge in [0.05, 0.1) is 13.2 Å². The third-order valence-corrected chi connectivity index (χ3v) is 1.89. The van der Waals surface area contributed by atoms with Crippen LogP contribution in [-0.4, -0.2) is 32.1 Å². The maximum Gasteiger partial charge on any atom is 0.159 e. The van der Waals surface area contributed by atoms with E-state index in [0.717, 1.165) is 26.2 Å². The monoisotopic (exact) mass is 171 g/mol. The molecule has 0 bridgehead atoms. The van der Waals surface area contributed by atoms with Gasteiger partial charge < -0.3 is 14.8 Å². The number of hydrogen-bond acceptors (Lipinski definition) is 3. The molecule has 0 aromatic rings. The molecule has 1 heterocycles. The molecule has 0 spiro atoms. The normalized spacial score (nSPS) is 21.1. The van der Waals surface area contributed by atoms with Crippen LogP contribution in [-0.2, 0) is 9.47 Å². The Morgan fingerprint density at radius 3 is 2.75 bits per heavy atom. The first-order chi connectivity index (χ1) is 5.86. The zero-order chi connectivity index (χ0) is 8.81. The Balaban J connectivity index is 2.20. The SMILES string of the molecule is C=CC(CC1OCCO1)NCC. The first-order valence-electron chi connectivity index (χ1n) is 4.46. The van der Waals surface area contributed by atoms with Crippen LogP contribution in [0.3, 0.4) is 0 Å². The van der Waals surface area contributed by atoms with Crippen molar-refractivity contribution >= 4 is 0 Å². The predicted octanol–water partition coefficient (Wildman–Crippen LogP) is 0.913. The van der Waals surface area contributed by atoms with Gasteiger partial charge in [0, 0.05) is 12.5 Å². The molecule has 0 amide bonds. The molecule has 3 heteroatoms. The van der Waals surface area contributed by atoms with E-state index < -0.39 is 0 Å². The second kappa shape index (κ2) is 5.30. The predicted molar refractivity (Wildman–Crippen MR) is 48.0 cm³/mol. The van der Waals surface area contributed by atoms with Crippen LogP contribution in [0.5, 0.6) is 0 Å². The lowest BCUT2D eigenvalue weighted by Gasteiger charge is -2.16. The van der Waals surface area contributed by atoms with Crippen molar-refractivity contribution in [1.29, 1.82) is 0 Å². The minimum atomic E-state index is -0.0351. The first kappa shape index (κ1) is 9.71. The maximum absolute atomic E-state index is 5.32. The van der Waals surface area contributed by atoms with Crippen LogP contribution in [0.25, 0.3) is 0 Å². The molecule has 1 atom stereocenters. The molecule has 0 radical (unpaired) electrons. The minimum Gasteiger partial charge on any atom is -0.350 e. The van der Waals surface area contributed by atoms with Gasteiger partial charge in [-0.15, -0.1) is 6.58 Å². The van der Waals surface area contributed by atoms with Crippen LogP contribution < -0.4 is 5.32 Å². The number of rotatable bonds is 5. The van der Waals surface area contributed by atoms with Crippen molar-refractivity contribution in [2.45, 2.75) is 25.7 Å². The van der Waals surface area contributed by atoms with E-state index in [1.807, 2.05) is 6.08 Å². The summed E-state index contributed by atoms with van der Waals surface area (Å²) in [6.07, 6.45) is 2.72. The second-order valence-corrected chi connectivity index (χ2v) is 2.81. The Labute approximate surface area is 73.7 Å². The molecule has 0 aromatic heterocycles. The van der Waals surface area contributed by atoms with Gasteiger partial charge in [0.25, 0.3) is 0 Å². The number of ether oxygens (including phenoxy) is 2. The smallest absolute Gasteiger partial charge is 0.159 e. The lowest BCUT2D eigenvalue weighted by molar-refractivity contribution is -0.0498. The van der Waals surface area contributed by atoms with Crippen molar-refractivity contribution in [3.63, 3.8) is 0 Å². The fraction of sp³-hybridized carbons (Fsp3) is 0.778. The fourth-order valence-electron chi connectivity index (χ4n) is 1.28. The van der Waals surface area contributed by atoms with Gasteiger partial charge >= 0.3 is 0 Å². The van der Waals surface area contributed by atoms with E-state index in [1.54, 1.807) is 0 Å². The average Bonchev–Trinajstić information content (AvgIpc) is 2.56. The Morgan fingerprint density at radius 1 is 1.58 bits per heavy atom. The minimum absolute atomic E-state index is 0.0351. The average molecular weight is 171 g/mol. The highest BCUT2D eigenvalue weighted by molar-refractivity contribution is 4.86. The largest absolute Gasteiger partial charge is 0.350 e. The van der Waals surface area contributed by atoms with Crippen molar-refractivity contribution in [3.05, 3.63) is 12.7 Å². The van der Waals surface area contributed by atoms with Gasteiger partial charge in [-0.1, -0.05) is 13.0 Å². The van der Waals surface area contributed by atoms with Gasteiger partial charge in [-0.3, -0.25) is 0 Å². The van der Waals surface area contributed by atoms with E-state index in [2.05, 4.69) is 18.8 Å². The molecule has 1 saturated heterocycles. The summed E-state index contributed by atoms with van der Waals surface area (Å²) in [7, 11) is 0. The first-order valence-corrected chi connectivity index (χ1v) is 4.46. The third kappa shape index (κ3) is 2.93. The molecule has 0 aromatic carbocycles. The van der Waals surface area contributed by atoms with E-state index >= 15 is 0 Å². The summed E-state index contributed by atoms with van der Waals surface area (Å²) in [5.74, 6) is 0. The van der Waals surface area contributed by atoms with E-state index in [9.17, 15) is 0 Å². The Bertz CT molecular complexity index is 132. The van der Waals surface area contributed by atoms with Crippen molar-refractivity contribution < 1.29 is 9.47 Å². The zero-order valence-corrected chi connectivity index (χ0v) is 7.58. The molecule has 1 unspecified atom stereocenters. The molecule has 1 fully saturated rings. The van der Waals surface area contributed by atoms with Crippen LogP contribution in [0.15, 0.2) is 12.7 Å². The van der Waals surface area contributed by atoms with E-state index in [1.165, 1.54) is 0 Å². The molecule has 3 nitrogen and oxygen atoms in total. The van der Waals surface area contributed by atoms with Crippen molar-refractivity contribution in [1.82, 2.24) is 5.32 Å². The van der Waals surface area contributed by atoms with Gasteiger partial charge in [0.15, 0.2) is 6.29 Å².